The molecule has 8 rings (SSSR count). The van der Waals surface area contributed by atoms with Crippen LogP contribution in [0.2, 0.25) is 5.04 Å². The molecule has 0 saturated heterocycles. The van der Waals surface area contributed by atoms with Crippen molar-refractivity contribution >= 4 is 47.4 Å². The maximum absolute atomic E-state index is 12.2. The molecule has 2 aromatic heterocycles. The molecule has 2 heterocycles. The van der Waals surface area contributed by atoms with Gasteiger partial charge in [-0.05, 0) is 52.4 Å². The molecule has 0 radical (unpaired) electrons. The number of benzene rings is 4. The van der Waals surface area contributed by atoms with Crippen LogP contribution in [0.3, 0.4) is 0 Å². The molecule has 2 aliphatic rings. The lowest BCUT2D eigenvalue weighted by Crippen LogP contribution is -2.67. The van der Waals surface area contributed by atoms with Gasteiger partial charge in [0, 0.05) is 55.5 Å². The zero-order valence-corrected chi connectivity index (χ0v) is 38.1. The fraction of sp³-hybridized carbons (Fsp3) is 0.417. The van der Waals surface area contributed by atoms with Crippen molar-refractivity contribution in [1.82, 2.24) is 25.0 Å². The van der Waals surface area contributed by atoms with Crippen molar-refractivity contribution in [2.75, 3.05) is 38.6 Å². The zero-order valence-electron chi connectivity index (χ0n) is 36.3. The maximum Gasteiger partial charge on any atom is 0.261 e. The number of aromatic nitrogens is 5. The molecule has 6 atom stereocenters. The highest BCUT2D eigenvalue weighted by atomic mass is 32.2. The molecule has 0 amide bonds. The third kappa shape index (κ3) is 8.42. The summed E-state index contributed by atoms with van der Waals surface area (Å²) in [5.41, 5.74) is 3.49. The molecule has 2 aliphatic carbocycles. The van der Waals surface area contributed by atoms with E-state index in [0.29, 0.717) is 41.8 Å². The number of ether oxygens (including phenoxy) is 3. The van der Waals surface area contributed by atoms with Gasteiger partial charge in [-0.2, -0.15) is 0 Å². The van der Waals surface area contributed by atoms with E-state index in [-0.39, 0.29) is 17.0 Å². The molecule has 0 aliphatic heterocycles. The summed E-state index contributed by atoms with van der Waals surface area (Å²) in [5.74, 6) is 3.23. The summed E-state index contributed by atoms with van der Waals surface area (Å²) in [7, 11) is 2.17. The van der Waals surface area contributed by atoms with Crippen LogP contribution in [-0.2, 0) is 15.7 Å². The van der Waals surface area contributed by atoms with Crippen LogP contribution in [0.25, 0.3) is 11.2 Å². The number of aliphatic hydroxyl groups excluding tert-OH is 1. The first-order chi connectivity index (χ1) is 29.6. The second-order valence-corrected chi connectivity index (χ2v) is 22.6. The van der Waals surface area contributed by atoms with Gasteiger partial charge < -0.3 is 28.6 Å². The molecule has 6 aromatic rings. The fourth-order valence-corrected chi connectivity index (χ4v) is 14.7. The molecule has 6 unspecified atom stereocenters. The summed E-state index contributed by atoms with van der Waals surface area (Å²) in [6.07, 6.45) is 1.13. The Morgan fingerprint density at radius 2 is 1.52 bits per heavy atom. The Morgan fingerprint density at radius 3 is 2.13 bits per heavy atom. The Kier molecular flexibility index (Phi) is 12.8. The smallest absolute Gasteiger partial charge is 0.261 e. The number of thioether (sulfide) groups is 1. The van der Waals surface area contributed by atoms with Gasteiger partial charge >= 0.3 is 0 Å². The fourth-order valence-electron chi connectivity index (χ4n) is 9.39. The summed E-state index contributed by atoms with van der Waals surface area (Å²) < 4.78 is 26.8. The Hall–Kier alpha value is -4.79. The molecule has 4 aromatic carbocycles. The zero-order chi connectivity index (χ0) is 42.7. The van der Waals surface area contributed by atoms with Gasteiger partial charge in [-0.15, -0.1) is 5.10 Å². The minimum absolute atomic E-state index is 0.127. The number of hydrogen-bond donors (Lipinski definition) is 1. The molecule has 0 spiro atoms. The van der Waals surface area contributed by atoms with Crippen LogP contribution >= 0.6 is 11.8 Å². The number of methoxy groups -OCH3 is 3. The van der Waals surface area contributed by atoms with Crippen LogP contribution in [-0.4, -0.2) is 90.3 Å². The number of anilines is 1. The molecule has 2 saturated carbocycles. The van der Waals surface area contributed by atoms with Crippen LogP contribution in [0.1, 0.15) is 70.0 Å². The SMILES string of the molecule is CCCSc1nc(N(Cc2ccc(OC)cc2OC)C2CC2c2ccccc2)c2nnn(C3CC(CO[Si](c4ccccc4)(c4ccccc4)C(C)(C)C)C(OC)C3O)c2n1. The van der Waals surface area contributed by atoms with Crippen LogP contribution in [0, 0.1) is 5.92 Å². The van der Waals surface area contributed by atoms with E-state index in [1.807, 2.05) is 16.8 Å². The van der Waals surface area contributed by atoms with E-state index < -0.39 is 26.6 Å². The molecule has 13 heteroatoms. The van der Waals surface area contributed by atoms with Crippen LogP contribution in [0.15, 0.2) is 114 Å². The van der Waals surface area contributed by atoms with Gasteiger partial charge in [-0.3, -0.25) is 0 Å². The summed E-state index contributed by atoms with van der Waals surface area (Å²) >= 11 is 1.62. The molecule has 320 valence electrons. The normalized spacial score (nSPS) is 21.4. The average Bonchev–Trinajstić information content (AvgIpc) is 3.87. The topological polar surface area (TPSA) is 117 Å². The summed E-state index contributed by atoms with van der Waals surface area (Å²) in [5, 5.41) is 24.7. The minimum Gasteiger partial charge on any atom is -0.497 e. The summed E-state index contributed by atoms with van der Waals surface area (Å²) in [4.78, 5) is 12.7. The Bertz CT molecular complexity index is 2340. The highest BCUT2D eigenvalue weighted by molar-refractivity contribution is 7.99. The van der Waals surface area contributed by atoms with Crippen LogP contribution < -0.4 is 24.7 Å². The predicted molar refractivity (Wildman–Crippen MR) is 245 cm³/mol. The lowest BCUT2D eigenvalue weighted by Gasteiger charge is -2.43. The van der Waals surface area contributed by atoms with Crippen LogP contribution in [0.4, 0.5) is 5.82 Å². The van der Waals surface area contributed by atoms with Gasteiger partial charge in [0.25, 0.3) is 8.32 Å². The van der Waals surface area contributed by atoms with E-state index in [4.69, 9.17) is 38.9 Å². The molecule has 1 N–H and O–H groups in total. The van der Waals surface area contributed by atoms with Crippen molar-refractivity contribution in [3.63, 3.8) is 0 Å². The Balaban J connectivity index is 1.17. The first-order valence-electron chi connectivity index (χ1n) is 21.4. The lowest BCUT2D eigenvalue weighted by atomic mass is 10.1. The van der Waals surface area contributed by atoms with Crippen molar-refractivity contribution in [2.45, 2.75) is 93.9 Å². The van der Waals surface area contributed by atoms with Gasteiger partial charge in [0.1, 0.15) is 17.6 Å². The van der Waals surface area contributed by atoms with Gasteiger partial charge in [0.05, 0.1) is 26.4 Å². The van der Waals surface area contributed by atoms with Gasteiger partial charge in [-0.1, -0.05) is 136 Å². The monoisotopic (exact) mass is 858 g/mol. The molecule has 2 fully saturated rings. The third-order valence-electron chi connectivity index (χ3n) is 12.5. The number of aliphatic hydroxyl groups is 1. The van der Waals surface area contributed by atoms with Gasteiger partial charge in [0.2, 0.25) is 0 Å². The summed E-state index contributed by atoms with van der Waals surface area (Å²) in [6.45, 7) is 9.93. The van der Waals surface area contributed by atoms with E-state index in [1.165, 1.54) is 15.9 Å². The van der Waals surface area contributed by atoms with Crippen LogP contribution in [0.5, 0.6) is 11.5 Å². The highest BCUT2D eigenvalue weighted by Crippen LogP contribution is 2.49. The Labute approximate surface area is 364 Å². The highest BCUT2D eigenvalue weighted by Gasteiger charge is 2.53. The molecular weight excluding hydrogens is 801 g/mol. The molecule has 61 heavy (non-hydrogen) atoms. The first kappa shape index (κ1) is 42.9. The average molecular weight is 859 g/mol. The Morgan fingerprint density at radius 1 is 0.852 bits per heavy atom. The first-order valence-corrected chi connectivity index (χ1v) is 24.2. The largest absolute Gasteiger partial charge is 0.497 e. The van der Waals surface area contributed by atoms with E-state index in [9.17, 15) is 5.11 Å². The van der Waals surface area contributed by atoms with Crippen molar-refractivity contribution in [2.24, 2.45) is 5.92 Å². The minimum atomic E-state index is -2.85. The molecule has 0 bridgehead atoms. The predicted octanol–water partition coefficient (Wildman–Crippen LogP) is 7.82. The maximum atomic E-state index is 12.2. The van der Waals surface area contributed by atoms with E-state index in [0.717, 1.165) is 41.5 Å². The van der Waals surface area contributed by atoms with Crippen molar-refractivity contribution in [3.05, 3.63) is 120 Å². The second-order valence-electron chi connectivity index (χ2n) is 17.2. The number of hydrogen-bond acceptors (Lipinski definition) is 11. The molecule has 11 nitrogen and oxygen atoms in total. The number of nitrogens with zero attached hydrogens (tertiary/aromatic N) is 6. The lowest BCUT2D eigenvalue weighted by molar-refractivity contribution is -0.0320. The number of fused-ring (bicyclic) bond motifs is 1. The summed E-state index contributed by atoms with van der Waals surface area (Å²) in [6, 6.07) is 37.6. The van der Waals surface area contributed by atoms with E-state index in [2.05, 4.69) is 130 Å². The van der Waals surface area contributed by atoms with Crippen molar-refractivity contribution < 1.29 is 23.7 Å². The van der Waals surface area contributed by atoms with Crippen molar-refractivity contribution in [1.29, 1.82) is 0 Å². The van der Waals surface area contributed by atoms with Gasteiger partial charge in [0.15, 0.2) is 22.1 Å². The standard InChI is InChI=1S/C48H58N6O5SSi/c1-8-26-60-47-49-45(53(39-29-38(39)32-18-12-9-13-19-32)30-33-24-25-35(56-5)28-41(33)57-6)42-46(50-47)54(52-51-42)40-27-34(44(58-7)43(40)55)31-59-61(48(2,3)4,36-20-14-10-15-21-36)37-22-16-11-17-23-37/h9-25,28,34,38-40,43-44,55H,8,26-27,29-31H2,1-7H3. The molecular formula is C48H58N6O5SSi. The van der Waals surface area contributed by atoms with E-state index in [1.54, 1.807) is 33.1 Å². The quantitative estimate of drug-likeness (QED) is 0.0550. The van der Waals surface area contributed by atoms with E-state index >= 15 is 0 Å². The van der Waals surface area contributed by atoms with Crippen molar-refractivity contribution in [3.8, 4) is 11.5 Å². The second kappa shape index (κ2) is 18.3. The van der Waals surface area contributed by atoms with Gasteiger partial charge in [-0.25, -0.2) is 14.6 Å². The number of rotatable bonds is 17. The third-order valence-corrected chi connectivity index (χ3v) is 18.5.